The zero-order valence-corrected chi connectivity index (χ0v) is 14.8. The molecule has 2 aromatic carbocycles. The number of nitrogens with one attached hydrogen (secondary N) is 1. The summed E-state index contributed by atoms with van der Waals surface area (Å²) in [7, 11) is 1.57. The summed E-state index contributed by atoms with van der Waals surface area (Å²) in [5, 5.41) is 2.64. The van der Waals surface area contributed by atoms with Crippen molar-refractivity contribution in [2.75, 3.05) is 32.2 Å². The number of esters is 1. The highest BCUT2D eigenvalue weighted by Crippen LogP contribution is 2.32. The smallest absolute Gasteiger partial charge is 0.331 e. The summed E-state index contributed by atoms with van der Waals surface area (Å²) >= 11 is 0. The van der Waals surface area contributed by atoms with Gasteiger partial charge in [0.25, 0.3) is 5.91 Å². The van der Waals surface area contributed by atoms with E-state index in [1.54, 1.807) is 43.5 Å². The van der Waals surface area contributed by atoms with E-state index >= 15 is 0 Å². The highest BCUT2D eigenvalue weighted by Gasteiger charge is 2.13. The van der Waals surface area contributed by atoms with E-state index in [0.29, 0.717) is 36.1 Å². The summed E-state index contributed by atoms with van der Waals surface area (Å²) in [6, 6.07) is 12.3. The lowest BCUT2D eigenvalue weighted by molar-refractivity contribution is -0.142. The van der Waals surface area contributed by atoms with Crippen molar-refractivity contribution in [1.82, 2.24) is 0 Å². The minimum atomic E-state index is -0.616. The van der Waals surface area contributed by atoms with Crippen molar-refractivity contribution < 1.29 is 28.5 Å². The van der Waals surface area contributed by atoms with Crippen molar-refractivity contribution >= 4 is 23.6 Å². The van der Waals surface area contributed by atoms with Gasteiger partial charge < -0.3 is 24.3 Å². The Labute approximate surface area is 156 Å². The van der Waals surface area contributed by atoms with Crippen LogP contribution in [0.15, 0.2) is 48.5 Å². The minimum Gasteiger partial charge on any atom is -0.497 e. The van der Waals surface area contributed by atoms with Crippen molar-refractivity contribution in [3.05, 3.63) is 54.1 Å². The van der Waals surface area contributed by atoms with Gasteiger partial charge in [-0.05, 0) is 35.9 Å². The summed E-state index contributed by atoms with van der Waals surface area (Å²) in [4.78, 5) is 23.7. The average molecular weight is 369 g/mol. The number of benzene rings is 2. The number of rotatable bonds is 6. The van der Waals surface area contributed by atoms with Crippen LogP contribution in [0.2, 0.25) is 0 Å². The Kier molecular flexibility index (Phi) is 5.94. The van der Waals surface area contributed by atoms with E-state index < -0.39 is 18.5 Å². The van der Waals surface area contributed by atoms with Crippen LogP contribution in [-0.4, -0.2) is 38.8 Å². The van der Waals surface area contributed by atoms with E-state index in [9.17, 15) is 9.59 Å². The third-order valence-electron chi connectivity index (χ3n) is 3.68. The van der Waals surface area contributed by atoms with E-state index in [1.807, 2.05) is 12.1 Å². The maximum absolute atomic E-state index is 11.9. The number of anilines is 1. The molecule has 0 saturated carbocycles. The molecule has 3 rings (SSSR count). The molecule has 27 heavy (non-hydrogen) atoms. The van der Waals surface area contributed by atoms with Crippen molar-refractivity contribution in [2.24, 2.45) is 0 Å². The van der Waals surface area contributed by atoms with Crippen LogP contribution in [0.1, 0.15) is 5.56 Å². The zero-order valence-electron chi connectivity index (χ0n) is 14.8. The second-order valence-electron chi connectivity index (χ2n) is 5.62. The molecule has 0 aliphatic carbocycles. The van der Waals surface area contributed by atoms with E-state index in [0.717, 1.165) is 5.56 Å². The molecular weight excluding hydrogens is 350 g/mol. The third kappa shape index (κ3) is 5.24. The fraction of sp³-hybridized carbons (Fsp3) is 0.200. The zero-order chi connectivity index (χ0) is 19.1. The molecule has 1 heterocycles. The second kappa shape index (κ2) is 8.75. The first kappa shape index (κ1) is 18.3. The van der Waals surface area contributed by atoms with Gasteiger partial charge in [-0.15, -0.1) is 0 Å². The normalized spacial score (nSPS) is 12.5. The van der Waals surface area contributed by atoms with E-state index in [2.05, 4.69) is 5.32 Å². The fourth-order valence-corrected chi connectivity index (χ4v) is 2.41. The maximum atomic E-state index is 11.9. The molecule has 1 aliphatic rings. The van der Waals surface area contributed by atoms with E-state index in [4.69, 9.17) is 18.9 Å². The number of carbonyl (C=O) groups is 2. The van der Waals surface area contributed by atoms with Crippen LogP contribution in [0.4, 0.5) is 5.69 Å². The highest BCUT2D eigenvalue weighted by molar-refractivity contribution is 5.94. The van der Waals surface area contributed by atoms with Gasteiger partial charge >= 0.3 is 5.97 Å². The van der Waals surface area contributed by atoms with Crippen molar-refractivity contribution in [3.63, 3.8) is 0 Å². The van der Waals surface area contributed by atoms with Crippen LogP contribution in [-0.2, 0) is 14.3 Å². The number of hydrogen-bond acceptors (Lipinski definition) is 6. The summed E-state index contributed by atoms with van der Waals surface area (Å²) in [5.74, 6) is 0.819. The van der Waals surface area contributed by atoms with Crippen LogP contribution in [0.25, 0.3) is 6.08 Å². The summed E-state index contributed by atoms with van der Waals surface area (Å²) in [6.45, 7) is 0.565. The Morgan fingerprint density at radius 3 is 2.74 bits per heavy atom. The van der Waals surface area contributed by atoms with Gasteiger partial charge in [0.2, 0.25) is 0 Å². The number of methoxy groups -OCH3 is 1. The molecule has 0 radical (unpaired) electrons. The lowest BCUT2D eigenvalue weighted by Gasteiger charge is -2.18. The molecular formula is C20H19NO6. The van der Waals surface area contributed by atoms with Crippen LogP contribution >= 0.6 is 0 Å². The molecule has 2 aromatic rings. The molecule has 0 aromatic heterocycles. The Bertz CT molecular complexity index is 861. The lowest BCUT2D eigenvalue weighted by atomic mass is 10.2. The molecule has 0 atom stereocenters. The van der Waals surface area contributed by atoms with Gasteiger partial charge in [0.15, 0.2) is 18.1 Å². The molecule has 1 aliphatic heterocycles. The van der Waals surface area contributed by atoms with Crippen LogP contribution in [0, 0.1) is 0 Å². The largest absolute Gasteiger partial charge is 0.497 e. The van der Waals surface area contributed by atoms with Gasteiger partial charge in [0.05, 0.1) is 7.11 Å². The van der Waals surface area contributed by atoms with Crippen molar-refractivity contribution in [1.29, 1.82) is 0 Å². The third-order valence-corrected chi connectivity index (χ3v) is 3.68. The molecule has 7 nitrogen and oxygen atoms in total. The first-order valence-corrected chi connectivity index (χ1v) is 8.32. The predicted molar refractivity (Wildman–Crippen MR) is 99.0 cm³/mol. The van der Waals surface area contributed by atoms with Gasteiger partial charge in [-0.25, -0.2) is 4.79 Å². The molecule has 0 spiro atoms. The lowest BCUT2D eigenvalue weighted by Crippen LogP contribution is -2.20. The van der Waals surface area contributed by atoms with Gasteiger partial charge in [0.1, 0.15) is 19.0 Å². The Hall–Kier alpha value is -3.48. The number of fused-ring (bicyclic) bond motifs is 1. The number of ether oxygens (including phenoxy) is 4. The SMILES string of the molecule is COc1cccc(/C=C/C(=O)OCC(=O)Nc2ccc3c(c2)OCCO3)c1. The second-order valence-corrected chi connectivity index (χ2v) is 5.62. The first-order chi connectivity index (χ1) is 13.1. The Morgan fingerprint density at radius 1 is 1.11 bits per heavy atom. The fourth-order valence-electron chi connectivity index (χ4n) is 2.41. The van der Waals surface area contributed by atoms with Crippen LogP contribution < -0.4 is 19.5 Å². The standard InChI is InChI=1S/C20H19NO6/c1-24-16-4-2-3-14(11-16)5-8-20(23)27-13-19(22)21-15-6-7-17-18(12-15)26-10-9-25-17/h2-8,11-12H,9-10,13H2,1H3,(H,21,22)/b8-5+. The average Bonchev–Trinajstić information content (AvgIpc) is 2.71. The summed E-state index contributed by atoms with van der Waals surface area (Å²) in [6.07, 6.45) is 2.84. The minimum absolute atomic E-state index is 0.393. The van der Waals surface area contributed by atoms with Gasteiger partial charge in [-0.2, -0.15) is 0 Å². The van der Waals surface area contributed by atoms with Crippen molar-refractivity contribution in [3.8, 4) is 17.2 Å². The first-order valence-electron chi connectivity index (χ1n) is 8.32. The molecule has 1 amide bonds. The molecule has 7 heteroatoms. The predicted octanol–water partition coefficient (Wildman–Crippen LogP) is 2.66. The topological polar surface area (TPSA) is 83.1 Å². The van der Waals surface area contributed by atoms with E-state index in [1.165, 1.54) is 6.08 Å². The molecule has 0 bridgehead atoms. The van der Waals surface area contributed by atoms with E-state index in [-0.39, 0.29) is 0 Å². The Morgan fingerprint density at radius 2 is 1.93 bits per heavy atom. The highest BCUT2D eigenvalue weighted by atomic mass is 16.6. The quantitative estimate of drug-likeness (QED) is 0.623. The molecule has 1 N–H and O–H groups in total. The number of amides is 1. The summed E-state index contributed by atoms with van der Waals surface area (Å²) in [5.41, 5.74) is 1.32. The summed E-state index contributed by atoms with van der Waals surface area (Å²) < 4.78 is 20.9. The molecule has 140 valence electrons. The van der Waals surface area contributed by atoms with Crippen molar-refractivity contribution in [2.45, 2.75) is 0 Å². The molecule has 0 unspecified atom stereocenters. The number of hydrogen-bond donors (Lipinski definition) is 1. The number of carbonyl (C=O) groups excluding carboxylic acids is 2. The molecule has 0 saturated heterocycles. The van der Waals surface area contributed by atoms with Gasteiger partial charge in [0, 0.05) is 17.8 Å². The maximum Gasteiger partial charge on any atom is 0.331 e. The van der Waals surface area contributed by atoms with Gasteiger partial charge in [-0.3, -0.25) is 4.79 Å². The molecule has 0 fully saturated rings. The van der Waals surface area contributed by atoms with Gasteiger partial charge in [-0.1, -0.05) is 12.1 Å². The van der Waals surface area contributed by atoms with Crippen LogP contribution in [0.5, 0.6) is 17.2 Å². The van der Waals surface area contributed by atoms with Crippen LogP contribution in [0.3, 0.4) is 0 Å². The Balaban J connectivity index is 1.48. The monoisotopic (exact) mass is 369 g/mol.